The zero-order valence-electron chi connectivity index (χ0n) is 16.1. The first-order chi connectivity index (χ1) is 13.2. The van der Waals surface area contributed by atoms with E-state index in [1.165, 1.54) is 4.90 Å². The van der Waals surface area contributed by atoms with Crippen molar-refractivity contribution < 1.29 is 39.0 Å². The molecule has 3 rings (SSSR count). The number of amidine groups is 1. The second kappa shape index (κ2) is 7.79. The zero-order valence-corrected chi connectivity index (χ0v) is 16.1. The number of esters is 1. The van der Waals surface area contributed by atoms with Gasteiger partial charge in [0, 0.05) is 6.42 Å². The molecule has 3 saturated heterocycles. The van der Waals surface area contributed by atoms with E-state index < -0.39 is 42.5 Å². The molecule has 0 radical (unpaired) electrons. The Kier molecular flexibility index (Phi) is 5.77. The lowest BCUT2D eigenvalue weighted by atomic mass is 10.1. The lowest BCUT2D eigenvalue weighted by molar-refractivity contribution is -0.212. The molecule has 1 unspecified atom stereocenters. The first-order valence-corrected chi connectivity index (χ1v) is 9.04. The van der Waals surface area contributed by atoms with Crippen LogP contribution in [0.2, 0.25) is 0 Å². The van der Waals surface area contributed by atoms with Gasteiger partial charge in [-0.15, -0.1) is 0 Å². The molecule has 3 aliphatic rings. The molecule has 28 heavy (non-hydrogen) atoms. The molecule has 4 N–H and O–H groups in total. The van der Waals surface area contributed by atoms with Crippen LogP contribution < -0.4 is 10.8 Å². The molecule has 158 valence electrons. The standard InChI is InChI=1S/C16H26N4O8/c1-7(2)14(21)25-6-8-11-12(28-16(3,4)27-11)13(26-8)20-10(19-24)5-9(18-23)17-15(20)22/h7-8,10-13,19,23-24H,5-6H2,1-4H3,(H,17,18,22)/t8-,10?,11-,12-,13-/m1/s1. The first-order valence-electron chi connectivity index (χ1n) is 9.04. The van der Waals surface area contributed by atoms with Crippen molar-refractivity contribution in [3.05, 3.63) is 0 Å². The molecule has 0 aliphatic carbocycles. The number of hydrogen-bond acceptors (Lipinski definition) is 10. The van der Waals surface area contributed by atoms with Crippen LogP contribution in [0.15, 0.2) is 5.16 Å². The molecular weight excluding hydrogens is 376 g/mol. The van der Waals surface area contributed by atoms with Crippen LogP contribution in [0.5, 0.6) is 0 Å². The Morgan fingerprint density at radius 1 is 1.43 bits per heavy atom. The average Bonchev–Trinajstić information content (AvgIpc) is 3.11. The van der Waals surface area contributed by atoms with Crippen LogP contribution in [-0.2, 0) is 23.7 Å². The van der Waals surface area contributed by atoms with E-state index in [4.69, 9.17) is 24.2 Å². The summed E-state index contributed by atoms with van der Waals surface area (Å²) in [4.78, 5) is 25.6. The summed E-state index contributed by atoms with van der Waals surface area (Å²) in [6.45, 7) is 6.83. The lowest BCUT2D eigenvalue weighted by Gasteiger charge is -2.40. The van der Waals surface area contributed by atoms with E-state index in [1.807, 2.05) is 5.48 Å². The van der Waals surface area contributed by atoms with Gasteiger partial charge in [-0.25, -0.2) is 4.79 Å². The fraction of sp³-hybridized carbons (Fsp3) is 0.812. The normalized spacial score (nSPS) is 35.9. The highest BCUT2D eigenvalue weighted by Crippen LogP contribution is 2.40. The smallest absolute Gasteiger partial charge is 0.326 e. The summed E-state index contributed by atoms with van der Waals surface area (Å²) >= 11 is 0. The van der Waals surface area contributed by atoms with E-state index in [2.05, 4.69) is 10.5 Å². The van der Waals surface area contributed by atoms with E-state index in [9.17, 15) is 14.8 Å². The van der Waals surface area contributed by atoms with Gasteiger partial charge in [-0.1, -0.05) is 19.0 Å². The summed E-state index contributed by atoms with van der Waals surface area (Å²) in [6, 6.07) is -0.650. The quantitative estimate of drug-likeness (QED) is 0.281. The van der Waals surface area contributed by atoms with Crippen LogP contribution in [0.3, 0.4) is 0 Å². The number of oxime groups is 1. The van der Waals surface area contributed by atoms with E-state index in [-0.39, 0.29) is 30.8 Å². The van der Waals surface area contributed by atoms with Gasteiger partial charge in [-0.3, -0.25) is 15.0 Å². The molecule has 3 fully saturated rings. The molecule has 0 spiro atoms. The van der Waals surface area contributed by atoms with Crippen LogP contribution in [-0.4, -0.2) is 76.3 Å². The summed E-state index contributed by atoms with van der Waals surface area (Å²) in [5, 5.41) is 23.8. The van der Waals surface area contributed by atoms with Crippen molar-refractivity contribution in [2.75, 3.05) is 6.61 Å². The highest BCUT2D eigenvalue weighted by atomic mass is 16.8. The van der Waals surface area contributed by atoms with Crippen molar-refractivity contribution in [1.29, 1.82) is 0 Å². The number of fused-ring (bicyclic) bond motifs is 1. The van der Waals surface area contributed by atoms with Crippen molar-refractivity contribution in [3.63, 3.8) is 0 Å². The van der Waals surface area contributed by atoms with Crippen LogP contribution in [0.4, 0.5) is 4.79 Å². The van der Waals surface area contributed by atoms with Gasteiger partial charge >= 0.3 is 12.0 Å². The van der Waals surface area contributed by atoms with Crippen molar-refractivity contribution in [3.8, 4) is 0 Å². The number of carbonyl (C=O) groups excluding carboxylic acids is 2. The Morgan fingerprint density at radius 2 is 2.11 bits per heavy atom. The van der Waals surface area contributed by atoms with E-state index in [0.29, 0.717) is 0 Å². The summed E-state index contributed by atoms with van der Waals surface area (Å²) in [5.41, 5.74) is 2.02. The van der Waals surface area contributed by atoms with Gasteiger partial charge < -0.3 is 29.4 Å². The van der Waals surface area contributed by atoms with Gasteiger partial charge in [0.25, 0.3) is 0 Å². The number of hydrogen-bond donors (Lipinski definition) is 4. The molecule has 5 atom stereocenters. The minimum atomic E-state index is -0.931. The number of hydroxylamine groups is 1. The maximum Gasteiger partial charge on any atom is 0.326 e. The largest absolute Gasteiger partial charge is 0.463 e. The minimum absolute atomic E-state index is 0.00585. The highest BCUT2D eigenvalue weighted by molar-refractivity contribution is 6.00. The second-order valence-corrected chi connectivity index (χ2v) is 7.65. The third-order valence-electron chi connectivity index (χ3n) is 4.74. The molecule has 3 heterocycles. The number of rotatable bonds is 5. The maximum atomic E-state index is 12.5. The number of ether oxygens (including phenoxy) is 4. The summed E-state index contributed by atoms with van der Waals surface area (Å²) < 4.78 is 23.0. The number of carbonyl (C=O) groups is 2. The number of nitrogens with one attached hydrogen (secondary N) is 2. The molecule has 12 nitrogen and oxygen atoms in total. The predicted octanol–water partition coefficient (Wildman–Crippen LogP) is -0.0615. The molecule has 0 aromatic carbocycles. The van der Waals surface area contributed by atoms with Crippen LogP contribution >= 0.6 is 0 Å². The molecule has 0 aromatic heterocycles. The van der Waals surface area contributed by atoms with Crippen LogP contribution in [0.25, 0.3) is 0 Å². The molecule has 0 bridgehead atoms. The average molecular weight is 402 g/mol. The fourth-order valence-corrected chi connectivity index (χ4v) is 3.48. The Labute approximate surface area is 161 Å². The van der Waals surface area contributed by atoms with Gasteiger partial charge in [0.2, 0.25) is 0 Å². The van der Waals surface area contributed by atoms with E-state index in [0.717, 1.165) is 0 Å². The van der Waals surface area contributed by atoms with E-state index >= 15 is 0 Å². The predicted molar refractivity (Wildman–Crippen MR) is 91.2 cm³/mol. The van der Waals surface area contributed by atoms with Gasteiger partial charge in [0.15, 0.2) is 17.9 Å². The fourth-order valence-electron chi connectivity index (χ4n) is 3.48. The number of nitrogens with zero attached hydrogens (tertiary/aromatic N) is 2. The Balaban J connectivity index is 1.80. The first kappa shape index (κ1) is 20.7. The zero-order chi connectivity index (χ0) is 20.6. The minimum Gasteiger partial charge on any atom is -0.463 e. The molecular formula is C16H26N4O8. The number of amides is 2. The van der Waals surface area contributed by atoms with Crippen molar-refractivity contribution in [1.82, 2.24) is 15.7 Å². The Bertz CT molecular complexity index is 655. The van der Waals surface area contributed by atoms with Gasteiger partial charge in [-0.2, -0.15) is 5.48 Å². The SMILES string of the molecule is CC(C)C(=O)OC[C@H]1O[C@@H](N2C(=O)N/C(=N/O)CC2NO)[C@@H]2OC(C)(C)O[C@@H]21. The molecule has 0 saturated carbocycles. The van der Waals surface area contributed by atoms with E-state index in [1.54, 1.807) is 27.7 Å². The Morgan fingerprint density at radius 3 is 2.71 bits per heavy atom. The molecule has 12 heteroatoms. The third-order valence-corrected chi connectivity index (χ3v) is 4.74. The van der Waals surface area contributed by atoms with Gasteiger partial charge in [0.05, 0.1) is 5.92 Å². The van der Waals surface area contributed by atoms with Crippen LogP contribution in [0, 0.1) is 5.92 Å². The maximum absolute atomic E-state index is 12.5. The molecule has 3 aliphatic heterocycles. The van der Waals surface area contributed by atoms with Crippen molar-refractivity contribution >= 4 is 17.8 Å². The second-order valence-electron chi connectivity index (χ2n) is 7.65. The van der Waals surface area contributed by atoms with Gasteiger partial charge in [0.1, 0.15) is 31.1 Å². The monoisotopic (exact) mass is 402 g/mol. The van der Waals surface area contributed by atoms with Gasteiger partial charge in [-0.05, 0) is 13.8 Å². The number of urea groups is 1. The summed E-state index contributed by atoms with van der Waals surface area (Å²) in [5.74, 6) is -1.61. The third kappa shape index (κ3) is 3.91. The summed E-state index contributed by atoms with van der Waals surface area (Å²) in [6.07, 6.45) is -3.77. The lowest BCUT2D eigenvalue weighted by Crippen LogP contribution is -2.64. The summed E-state index contributed by atoms with van der Waals surface area (Å²) in [7, 11) is 0. The van der Waals surface area contributed by atoms with Crippen molar-refractivity contribution in [2.45, 2.75) is 70.6 Å². The highest BCUT2D eigenvalue weighted by Gasteiger charge is 2.59. The topological polar surface area (TPSA) is 151 Å². The van der Waals surface area contributed by atoms with Crippen LogP contribution in [0.1, 0.15) is 34.1 Å². The Hall–Kier alpha value is -1.99. The van der Waals surface area contributed by atoms with Crippen molar-refractivity contribution in [2.24, 2.45) is 11.1 Å². The molecule has 2 amide bonds. The molecule has 0 aromatic rings.